The number of hydrogen-bond donors (Lipinski definition) is 2. The number of likely N-dealkylation sites (N-methyl/N-ethyl adjacent to an activating group) is 1. The average Bonchev–Trinajstić information content (AvgIpc) is 3.38. The van der Waals surface area contributed by atoms with Crippen LogP contribution in [0, 0.1) is 0 Å². The maximum Gasteiger partial charge on any atom is 0.191 e. The van der Waals surface area contributed by atoms with Crippen molar-refractivity contribution in [2.75, 3.05) is 13.7 Å². The Morgan fingerprint density at radius 1 is 1.38 bits per heavy atom. The van der Waals surface area contributed by atoms with E-state index in [0.717, 1.165) is 11.6 Å². The second kappa shape index (κ2) is 5.89. The minimum Gasteiger partial charge on any atom is -0.394 e. The molecular weight excluding hydrogens is 284 g/mol. The molecule has 1 aromatic rings. The second-order valence-corrected chi connectivity index (χ2v) is 8.22. The van der Waals surface area contributed by atoms with Crippen LogP contribution in [0.25, 0.3) is 0 Å². The number of rotatable bonds is 8. The highest BCUT2D eigenvalue weighted by molar-refractivity contribution is 7.99. The minimum absolute atomic E-state index is 0.150. The van der Waals surface area contributed by atoms with Gasteiger partial charge in [0, 0.05) is 22.7 Å². The Morgan fingerprint density at radius 3 is 2.62 bits per heavy atom. The Hall–Kier alpha value is -0.590. The summed E-state index contributed by atoms with van der Waals surface area (Å²) < 4.78 is 2.40. The van der Waals surface area contributed by atoms with Crippen LogP contribution in [0.5, 0.6) is 0 Å². The summed E-state index contributed by atoms with van der Waals surface area (Å²) >= 11 is 1.80. The van der Waals surface area contributed by atoms with Crippen molar-refractivity contribution < 1.29 is 5.11 Å². The average molecular weight is 310 g/mol. The molecule has 2 atom stereocenters. The Labute approximate surface area is 130 Å². The molecule has 3 rings (SSSR count). The molecule has 1 heterocycles. The fraction of sp³-hybridized carbons (Fsp3) is 0.867. The monoisotopic (exact) mass is 310 g/mol. The molecule has 0 aliphatic heterocycles. The Balaban J connectivity index is 1.69. The molecule has 2 aliphatic rings. The molecule has 6 heteroatoms. The van der Waals surface area contributed by atoms with Gasteiger partial charge in [-0.2, -0.15) is 0 Å². The molecule has 2 saturated carbocycles. The van der Waals surface area contributed by atoms with Crippen LogP contribution in [-0.2, 0) is 0 Å². The molecule has 1 aromatic heterocycles. The van der Waals surface area contributed by atoms with Gasteiger partial charge in [0.05, 0.1) is 6.61 Å². The summed E-state index contributed by atoms with van der Waals surface area (Å²) in [5.41, 5.74) is -0.226. The van der Waals surface area contributed by atoms with Gasteiger partial charge in [-0.25, -0.2) is 0 Å². The number of aromatic nitrogens is 3. The van der Waals surface area contributed by atoms with E-state index < -0.39 is 0 Å². The predicted molar refractivity (Wildman–Crippen MR) is 84.8 cm³/mol. The zero-order valence-corrected chi connectivity index (χ0v) is 14.0. The van der Waals surface area contributed by atoms with Gasteiger partial charge in [0.2, 0.25) is 0 Å². The molecule has 0 saturated heterocycles. The van der Waals surface area contributed by atoms with Crippen molar-refractivity contribution in [3.8, 4) is 0 Å². The zero-order valence-electron chi connectivity index (χ0n) is 13.2. The lowest BCUT2D eigenvalue weighted by molar-refractivity contribution is 0.174. The standard InChI is InChI=1S/C15H26N4OS/c1-10(8-15(2,9-20)16-3)21-14-18-17-13(11-4-5-11)19(14)12-6-7-12/h10-12,16,20H,4-9H2,1-3H3. The van der Waals surface area contributed by atoms with Gasteiger partial charge >= 0.3 is 0 Å². The summed E-state index contributed by atoms with van der Waals surface area (Å²) in [7, 11) is 1.91. The number of aliphatic hydroxyl groups is 1. The molecule has 0 amide bonds. The molecule has 2 fully saturated rings. The largest absolute Gasteiger partial charge is 0.394 e. The van der Waals surface area contributed by atoms with E-state index in [2.05, 4.69) is 33.9 Å². The van der Waals surface area contributed by atoms with Crippen molar-refractivity contribution in [2.24, 2.45) is 0 Å². The quantitative estimate of drug-likeness (QED) is 0.722. The van der Waals surface area contributed by atoms with Gasteiger partial charge in [-0.05, 0) is 46.1 Å². The number of nitrogens with one attached hydrogen (secondary N) is 1. The first-order valence-corrected chi connectivity index (χ1v) is 8.85. The topological polar surface area (TPSA) is 63.0 Å². The van der Waals surface area contributed by atoms with E-state index in [4.69, 9.17) is 0 Å². The van der Waals surface area contributed by atoms with E-state index in [0.29, 0.717) is 17.2 Å². The maximum absolute atomic E-state index is 9.53. The van der Waals surface area contributed by atoms with E-state index in [-0.39, 0.29) is 12.1 Å². The molecule has 0 aromatic carbocycles. The molecule has 2 unspecified atom stereocenters. The first-order chi connectivity index (χ1) is 10.1. The van der Waals surface area contributed by atoms with Gasteiger partial charge in [0.1, 0.15) is 5.82 Å². The SMILES string of the molecule is CNC(C)(CO)CC(C)Sc1nnc(C2CC2)n1C1CC1. The Bertz CT molecular complexity index is 492. The summed E-state index contributed by atoms with van der Waals surface area (Å²) in [5.74, 6) is 1.87. The van der Waals surface area contributed by atoms with Crippen LogP contribution in [-0.4, -0.2) is 44.3 Å². The summed E-state index contributed by atoms with van der Waals surface area (Å²) in [6.45, 7) is 4.42. The highest BCUT2D eigenvalue weighted by Gasteiger charge is 2.37. The molecule has 21 heavy (non-hydrogen) atoms. The number of aliphatic hydroxyl groups excluding tert-OH is 1. The van der Waals surface area contributed by atoms with Crippen LogP contribution in [0.4, 0.5) is 0 Å². The summed E-state index contributed by atoms with van der Waals surface area (Å²) in [5, 5.41) is 23.1. The van der Waals surface area contributed by atoms with Crippen molar-refractivity contribution in [1.82, 2.24) is 20.1 Å². The van der Waals surface area contributed by atoms with E-state index in [9.17, 15) is 5.11 Å². The van der Waals surface area contributed by atoms with Crippen LogP contribution in [0.2, 0.25) is 0 Å². The molecule has 5 nitrogen and oxygen atoms in total. The lowest BCUT2D eigenvalue weighted by Crippen LogP contribution is -2.45. The van der Waals surface area contributed by atoms with Gasteiger partial charge < -0.3 is 15.0 Å². The summed E-state index contributed by atoms with van der Waals surface area (Å²) in [4.78, 5) is 0. The number of nitrogens with zero attached hydrogens (tertiary/aromatic N) is 3. The Kier molecular flexibility index (Phi) is 4.30. The summed E-state index contributed by atoms with van der Waals surface area (Å²) in [6, 6.07) is 0.638. The predicted octanol–water partition coefficient (Wildman–Crippen LogP) is 2.33. The van der Waals surface area contributed by atoms with Crippen LogP contribution in [0.1, 0.15) is 63.7 Å². The van der Waals surface area contributed by atoms with E-state index in [1.54, 1.807) is 11.8 Å². The number of thioether (sulfide) groups is 1. The molecule has 0 radical (unpaired) electrons. The summed E-state index contributed by atoms with van der Waals surface area (Å²) in [6.07, 6.45) is 5.98. The van der Waals surface area contributed by atoms with E-state index in [1.165, 1.54) is 31.5 Å². The van der Waals surface area contributed by atoms with Crippen LogP contribution >= 0.6 is 11.8 Å². The van der Waals surface area contributed by atoms with Crippen LogP contribution < -0.4 is 5.32 Å². The zero-order chi connectivity index (χ0) is 15.0. The third kappa shape index (κ3) is 3.43. The smallest absolute Gasteiger partial charge is 0.191 e. The maximum atomic E-state index is 9.53. The van der Waals surface area contributed by atoms with Gasteiger partial charge in [-0.3, -0.25) is 0 Å². The van der Waals surface area contributed by atoms with E-state index >= 15 is 0 Å². The van der Waals surface area contributed by atoms with Crippen molar-refractivity contribution in [1.29, 1.82) is 0 Å². The second-order valence-electron chi connectivity index (χ2n) is 6.82. The first kappa shape index (κ1) is 15.3. The molecule has 0 spiro atoms. The van der Waals surface area contributed by atoms with Crippen molar-refractivity contribution >= 4 is 11.8 Å². The van der Waals surface area contributed by atoms with Crippen molar-refractivity contribution in [3.05, 3.63) is 5.82 Å². The van der Waals surface area contributed by atoms with Crippen LogP contribution in [0.3, 0.4) is 0 Å². The lowest BCUT2D eigenvalue weighted by atomic mass is 9.98. The van der Waals surface area contributed by atoms with Gasteiger partial charge in [0.25, 0.3) is 0 Å². The van der Waals surface area contributed by atoms with Crippen molar-refractivity contribution in [2.45, 2.75) is 73.9 Å². The molecular formula is C15H26N4OS. The van der Waals surface area contributed by atoms with Crippen LogP contribution in [0.15, 0.2) is 5.16 Å². The third-order valence-corrected chi connectivity index (χ3v) is 5.60. The first-order valence-electron chi connectivity index (χ1n) is 7.97. The fourth-order valence-electron chi connectivity index (χ4n) is 2.77. The fourth-order valence-corrected chi connectivity index (χ4v) is 4.02. The van der Waals surface area contributed by atoms with Gasteiger partial charge in [0.15, 0.2) is 5.16 Å². The number of hydrogen-bond acceptors (Lipinski definition) is 5. The Morgan fingerprint density at radius 2 is 2.10 bits per heavy atom. The highest BCUT2D eigenvalue weighted by atomic mass is 32.2. The van der Waals surface area contributed by atoms with Crippen molar-refractivity contribution in [3.63, 3.8) is 0 Å². The lowest BCUT2D eigenvalue weighted by Gasteiger charge is -2.29. The third-order valence-electron chi connectivity index (χ3n) is 4.54. The van der Waals surface area contributed by atoms with Gasteiger partial charge in [-0.1, -0.05) is 18.7 Å². The molecule has 118 valence electrons. The molecule has 2 N–H and O–H groups in total. The van der Waals surface area contributed by atoms with E-state index in [1.807, 2.05) is 7.05 Å². The van der Waals surface area contributed by atoms with Gasteiger partial charge in [-0.15, -0.1) is 10.2 Å². The normalized spacial score (nSPS) is 23.0. The molecule has 0 bridgehead atoms. The highest BCUT2D eigenvalue weighted by Crippen LogP contribution is 2.46. The minimum atomic E-state index is -0.226. The molecule has 2 aliphatic carbocycles.